The predicted molar refractivity (Wildman–Crippen MR) is 133 cm³/mol. The fraction of sp³-hybridized carbons (Fsp3) is 0.571. The maximum Gasteiger partial charge on any atom is 0.258 e. The van der Waals surface area contributed by atoms with E-state index < -0.39 is 6.04 Å². The van der Waals surface area contributed by atoms with Crippen molar-refractivity contribution in [2.24, 2.45) is 23.7 Å². The standard InChI is InChI=1S/C28H34FN3O4/c29-20-3-1-2-19(12-20)21-6-7-24-25-22(15-31(24)28(21)35)23(16-33)26(27(34)30-13-17-4-5-17)32(25)14-18-8-10-36-11-9-18/h1-3,6-7,12,17-18,22-23,25-26,33H,4-5,8-11,13-16H2,(H,30,34)/t22-,23-,25+,26-/m0/s1. The summed E-state index contributed by atoms with van der Waals surface area (Å²) in [6.07, 6.45) is 4.21. The molecule has 8 heteroatoms. The van der Waals surface area contributed by atoms with E-state index in [-0.39, 0.29) is 41.8 Å². The van der Waals surface area contributed by atoms with E-state index >= 15 is 0 Å². The Hall–Kier alpha value is -2.55. The van der Waals surface area contributed by atoms with Crippen LogP contribution in [0.2, 0.25) is 0 Å². The number of nitrogens with zero attached hydrogens (tertiary/aromatic N) is 2. The van der Waals surface area contributed by atoms with Crippen LogP contribution in [0.4, 0.5) is 4.39 Å². The summed E-state index contributed by atoms with van der Waals surface area (Å²) >= 11 is 0. The quantitative estimate of drug-likeness (QED) is 0.617. The van der Waals surface area contributed by atoms with E-state index in [0.717, 1.165) is 51.1 Å². The fourth-order valence-corrected chi connectivity index (χ4v) is 6.59. The van der Waals surface area contributed by atoms with Gasteiger partial charge in [-0.1, -0.05) is 12.1 Å². The minimum atomic E-state index is -0.418. The van der Waals surface area contributed by atoms with Crippen LogP contribution in [-0.2, 0) is 16.1 Å². The Balaban J connectivity index is 1.36. The van der Waals surface area contributed by atoms with Crippen molar-refractivity contribution in [2.45, 2.75) is 44.3 Å². The Labute approximate surface area is 210 Å². The van der Waals surface area contributed by atoms with Crippen molar-refractivity contribution in [1.29, 1.82) is 0 Å². The third-order valence-corrected chi connectivity index (χ3v) is 8.67. The maximum atomic E-state index is 13.9. The van der Waals surface area contributed by atoms with Crippen LogP contribution in [-0.4, -0.2) is 59.4 Å². The second-order valence-corrected chi connectivity index (χ2v) is 10.9. The highest BCUT2D eigenvalue weighted by Crippen LogP contribution is 2.50. The van der Waals surface area contributed by atoms with Gasteiger partial charge in [-0.25, -0.2) is 4.39 Å². The molecule has 0 radical (unpaired) electrons. The number of nitrogens with one attached hydrogen (secondary N) is 1. The van der Waals surface area contributed by atoms with Crippen LogP contribution in [0.3, 0.4) is 0 Å². The highest BCUT2D eigenvalue weighted by molar-refractivity contribution is 5.83. The number of hydrogen-bond acceptors (Lipinski definition) is 5. The summed E-state index contributed by atoms with van der Waals surface area (Å²) in [7, 11) is 0. The summed E-state index contributed by atoms with van der Waals surface area (Å²) in [5, 5.41) is 13.7. The summed E-state index contributed by atoms with van der Waals surface area (Å²) < 4.78 is 21.2. The summed E-state index contributed by atoms with van der Waals surface area (Å²) in [5.41, 5.74) is 1.76. The van der Waals surface area contributed by atoms with Crippen molar-refractivity contribution in [3.05, 3.63) is 58.3 Å². The summed E-state index contributed by atoms with van der Waals surface area (Å²) in [4.78, 5) is 29.3. The number of halogens is 1. The zero-order valence-electron chi connectivity index (χ0n) is 20.4. The number of carbonyl (C=O) groups excluding carboxylic acids is 1. The van der Waals surface area contributed by atoms with E-state index in [1.165, 1.54) is 12.1 Å². The molecule has 0 unspecified atom stereocenters. The van der Waals surface area contributed by atoms with E-state index in [1.54, 1.807) is 22.8 Å². The van der Waals surface area contributed by atoms with Gasteiger partial charge in [0.25, 0.3) is 5.56 Å². The largest absolute Gasteiger partial charge is 0.396 e. The lowest BCUT2D eigenvalue weighted by atomic mass is 9.88. The number of likely N-dealkylation sites (tertiary alicyclic amines) is 1. The first-order valence-corrected chi connectivity index (χ1v) is 13.3. The van der Waals surface area contributed by atoms with Crippen LogP contribution in [0.25, 0.3) is 11.1 Å². The molecule has 6 rings (SSSR count). The van der Waals surface area contributed by atoms with Gasteiger partial charge < -0.3 is 19.7 Å². The van der Waals surface area contributed by atoms with Gasteiger partial charge in [-0.15, -0.1) is 0 Å². The van der Waals surface area contributed by atoms with Crippen LogP contribution >= 0.6 is 0 Å². The molecule has 4 heterocycles. The molecule has 4 aliphatic rings. The smallest absolute Gasteiger partial charge is 0.258 e. The van der Waals surface area contributed by atoms with Gasteiger partial charge in [0, 0.05) is 62.5 Å². The van der Waals surface area contributed by atoms with Crippen LogP contribution in [0, 0.1) is 29.5 Å². The number of benzene rings is 1. The second-order valence-electron chi connectivity index (χ2n) is 10.9. The number of aromatic nitrogens is 1. The van der Waals surface area contributed by atoms with Gasteiger partial charge in [-0.05, 0) is 67.3 Å². The summed E-state index contributed by atoms with van der Waals surface area (Å²) in [5.74, 6) is 0.299. The monoisotopic (exact) mass is 495 g/mol. The summed E-state index contributed by atoms with van der Waals surface area (Å²) in [6.45, 7) is 3.23. The first kappa shape index (κ1) is 23.8. The highest BCUT2D eigenvalue weighted by Gasteiger charge is 2.55. The van der Waals surface area contributed by atoms with E-state index in [0.29, 0.717) is 36.1 Å². The number of amides is 1. The molecule has 0 spiro atoms. The molecule has 2 saturated heterocycles. The number of pyridine rings is 1. The number of rotatable bonds is 7. The number of hydrogen-bond donors (Lipinski definition) is 2. The molecule has 2 aromatic rings. The molecule has 3 aliphatic heterocycles. The Bertz CT molecular complexity index is 1190. The summed E-state index contributed by atoms with van der Waals surface area (Å²) in [6, 6.07) is 9.32. The third kappa shape index (κ3) is 4.29. The Kier molecular flexibility index (Phi) is 6.44. The molecule has 1 saturated carbocycles. The molecule has 0 bridgehead atoms. The topological polar surface area (TPSA) is 83.8 Å². The van der Waals surface area contributed by atoms with Gasteiger partial charge in [0.15, 0.2) is 0 Å². The molecule has 7 nitrogen and oxygen atoms in total. The van der Waals surface area contributed by atoms with Gasteiger partial charge in [0.2, 0.25) is 5.91 Å². The molecular weight excluding hydrogens is 461 g/mol. The molecule has 3 fully saturated rings. The van der Waals surface area contributed by atoms with Crippen LogP contribution in [0.15, 0.2) is 41.2 Å². The van der Waals surface area contributed by atoms with Crippen LogP contribution in [0.5, 0.6) is 0 Å². The zero-order valence-corrected chi connectivity index (χ0v) is 20.4. The first-order chi connectivity index (χ1) is 17.5. The van der Waals surface area contributed by atoms with E-state index in [2.05, 4.69) is 10.2 Å². The Morgan fingerprint density at radius 2 is 1.92 bits per heavy atom. The molecule has 1 aliphatic carbocycles. The molecule has 2 N–H and O–H groups in total. The van der Waals surface area contributed by atoms with Gasteiger partial charge in [0.05, 0.1) is 12.1 Å². The highest BCUT2D eigenvalue weighted by atomic mass is 19.1. The van der Waals surface area contributed by atoms with E-state index in [4.69, 9.17) is 4.74 Å². The third-order valence-electron chi connectivity index (χ3n) is 8.67. The molecular formula is C28H34FN3O4. The molecule has 192 valence electrons. The van der Waals surface area contributed by atoms with Crippen molar-refractivity contribution in [1.82, 2.24) is 14.8 Å². The minimum Gasteiger partial charge on any atom is -0.396 e. The lowest BCUT2D eigenvalue weighted by Crippen LogP contribution is -2.50. The Morgan fingerprint density at radius 3 is 2.64 bits per heavy atom. The van der Waals surface area contributed by atoms with Crippen molar-refractivity contribution in [3.63, 3.8) is 0 Å². The molecule has 4 atom stereocenters. The zero-order chi connectivity index (χ0) is 24.8. The van der Waals surface area contributed by atoms with Crippen LogP contribution < -0.4 is 10.9 Å². The SMILES string of the molecule is O=C(NCC1CC1)[C@@H]1[C@@H](CO)[C@@H]2Cn3c(ccc(-c4cccc(F)c4)c3=O)[C@@H]2N1CC1CCOCC1. The number of ether oxygens (including phenoxy) is 1. The van der Waals surface area contributed by atoms with Crippen molar-refractivity contribution in [2.75, 3.05) is 32.9 Å². The first-order valence-electron chi connectivity index (χ1n) is 13.3. The van der Waals surface area contributed by atoms with E-state index in [1.807, 2.05) is 6.07 Å². The van der Waals surface area contributed by atoms with Gasteiger partial charge >= 0.3 is 0 Å². The number of aliphatic hydroxyl groups excluding tert-OH is 1. The maximum absolute atomic E-state index is 13.9. The number of carbonyl (C=O) groups is 1. The van der Waals surface area contributed by atoms with Crippen molar-refractivity contribution >= 4 is 5.91 Å². The average molecular weight is 496 g/mol. The normalized spacial score (nSPS) is 28.2. The number of fused-ring (bicyclic) bond motifs is 3. The van der Waals surface area contributed by atoms with Gasteiger partial charge in [0.1, 0.15) is 5.82 Å². The lowest BCUT2D eigenvalue weighted by molar-refractivity contribution is -0.128. The van der Waals surface area contributed by atoms with Crippen molar-refractivity contribution < 1.29 is 19.0 Å². The molecule has 1 aromatic heterocycles. The van der Waals surface area contributed by atoms with Gasteiger partial charge in [-0.2, -0.15) is 0 Å². The predicted octanol–water partition coefficient (Wildman–Crippen LogP) is 2.57. The molecule has 36 heavy (non-hydrogen) atoms. The van der Waals surface area contributed by atoms with Crippen molar-refractivity contribution in [3.8, 4) is 11.1 Å². The average Bonchev–Trinajstić information content (AvgIpc) is 3.56. The second kappa shape index (κ2) is 9.72. The number of aliphatic hydroxyl groups is 1. The molecule has 1 amide bonds. The van der Waals surface area contributed by atoms with E-state index in [9.17, 15) is 19.1 Å². The van der Waals surface area contributed by atoms with Gasteiger partial charge in [-0.3, -0.25) is 14.5 Å². The van der Waals surface area contributed by atoms with Crippen LogP contribution in [0.1, 0.15) is 37.4 Å². The fourth-order valence-electron chi connectivity index (χ4n) is 6.59. The minimum absolute atomic E-state index is 0.00677. The molecule has 1 aromatic carbocycles. The lowest BCUT2D eigenvalue weighted by Gasteiger charge is -2.35. The Morgan fingerprint density at radius 1 is 1.11 bits per heavy atom.